The number of hydrogen-bond donors (Lipinski definition) is 1. The third-order valence-corrected chi connectivity index (χ3v) is 3.31. The fraction of sp³-hybridized carbons (Fsp3) is 0.333. The number of hydrogen-bond acceptors (Lipinski definition) is 2. The summed E-state index contributed by atoms with van der Waals surface area (Å²) in [5, 5.41) is 3.65. The third-order valence-electron chi connectivity index (χ3n) is 3.31. The molecular weight excluding hydrogens is 246 g/mol. The van der Waals surface area contributed by atoms with Gasteiger partial charge < -0.3 is 10.1 Å². The van der Waals surface area contributed by atoms with Gasteiger partial charge in [-0.3, -0.25) is 0 Å². The molecule has 0 aliphatic rings. The first-order valence-electron chi connectivity index (χ1n) is 7.13. The highest BCUT2D eigenvalue weighted by Crippen LogP contribution is 2.24. The van der Waals surface area contributed by atoms with E-state index in [-0.39, 0.29) is 6.04 Å². The van der Waals surface area contributed by atoms with Crippen molar-refractivity contribution in [2.75, 3.05) is 13.7 Å². The molecule has 0 aliphatic heterocycles. The molecule has 0 saturated heterocycles. The summed E-state index contributed by atoms with van der Waals surface area (Å²) < 4.78 is 5.23. The predicted octanol–water partition coefficient (Wildman–Crippen LogP) is 4.03. The van der Waals surface area contributed by atoms with Gasteiger partial charge in [-0.2, -0.15) is 0 Å². The van der Waals surface area contributed by atoms with E-state index in [1.54, 1.807) is 7.11 Å². The molecule has 2 nitrogen and oxygen atoms in total. The lowest BCUT2D eigenvalue weighted by molar-refractivity contribution is 0.414. The van der Waals surface area contributed by atoms with E-state index in [0.717, 1.165) is 12.3 Å². The lowest BCUT2D eigenvalue weighted by Crippen LogP contribution is -2.26. The zero-order valence-corrected chi connectivity index (χ0v) is 12.5. The fourth-order valence-electron chi connectivity index (χ4n) is 2.22. The van der Waals surface area contributed by atoms with E-state index in [4.69, 9.17) is 4.74 Å². The minimum absolute atomic E-state index is 0.226. The van der Waals surface area contributed by atoms with Crippen molar-refractivity contribution in [3.8, 4) is 5.75 Å². The van der Waals surface area contributed by atoms with Gasteiger partial charge in [0, 0.05) is 0 Å². The summed E-state index contributed by atoms with van der Waals surface area (Å²) >= 11 is 0. The molecule has 0 spiro atoms. The standard InChI is InChI=1S/C18H23NO/c1-14(2)13-19-18(15-7-5-4-6-8-15)16-9-11-17(20-3)12-10-16/h4-12,14,18-19H,13H2,1-3H3. The molecule has 0 fully saturated rings. The van der Waals surface area contributed by atoms with Crippen molar-refractivity contribution in [1.29, 1.82) is 0 Å². The maximum Gasteiger partial charge on any atom is 0.118 e. The molecule has 1 N–H and O–H groups in total. The highest BCUT2D eigenvalue weighted by molar-refractivity contribution is 5.35. The summed E-state index contributed by atoms with van der Waals surface area (Å²) in [7, 11) is 1.70. The third kappa shape index (κ3) is 3.84. The van der Waals surface area contributed by atoms with Gasteiger partial charge in [-0.15, -0.1) is 0 Å². The van der Waals surface area contributed by atoms with E-state index in [2.05, 4.69) is 61.6 Å². The molecule has 0 heterocycles. The van der Waals surface area contributed by atoms with E-state index in [9.17, 15) is 0 Å². The molecule has 0 bridgehead atoms. The maximum absolute atomic E-state index is 5.23. The summed E-state index contributed by atoms with van der Waals surface area (Å²) in [4.78, 5) is 0. The van der Waals surface area contributed by atoms with E-state index in [1.165, 1.54) is 11.1 Å². The van der Waals surface area contributed by atoms with Crippen molar-refractivity contribution in [3.05, 3.63) is 65.7 Å². The minimum Gasteiger partial charge on any atom is -0.497 e. The van der Waals surface area contributed by atoms with Gasteiger partial charge in [-0.1, -0.05) is 56.3 Å². The highest BCUT2D eigenvalue weighted by atomic mass is 16.5. The number of rotatable bonds is 6. The number of methoxy groups -OCH3 is 1. The molecule has 0 aromatic heterocycles. The van der Waals surface area contributed by atoms with Crippen molar-refractivity contribution >= 4 is 0 Å². The SMILES string of the molecule is COc1ccc(C(NCC(C)C)c2ccccc2)cc1. The summed E-state index contributed by atoms with van der Waals surface area (Å²) in [6.45, 7) is 5.44. The Hall–Kier alpha value is -1.80. The summed E-state index contributed by atoms with van der Waals surface area (Å²) in [5.41, 5.74) is 2.55. The molecule has 106 valence electrons. The Bertz CT molecular complexity index is 505. The van der Waals surface area contributed by atoms with Crippen LogP contribution in [0.15, 0.2) is 54.6 Å². The summed E-state index contributed by atoms with van der Waals surface area (Å²) in [6.07, 6.45) is 0. The molecule has 0 amide bonds. The Labute approximate surface area is 121 Å². The van der Waals surface area contributed by atoms with E-state index >= 15 is 0 Å². The van der Waals surface area contributed by atoms with Crippen LogP contribution in [0.4, 0.5) is 0 Å². The molecule has 1 unspecified atom stereocenters. The zero-order chi connectivity index (χ0) is 14.4. The van der Waals surface area contributed by atoms with Crippen LogP contribution >= 0.6 is 0 Å². The first-order valence-corrected chi connectivity index (χ1v) is 7.13. The Morgan fingerprint density at radius 3 is 2.05 bits per heavy atom. The van der Waals surface area contributed by atoms with E-state index in [0.29, 0.717) is 5.92 Å². The van der Waals surface area contributed by atoms with Crippen LogP contribution in [-0.4, -0.2) is 13.7 Å². The largest absolute Gasteiger partial charge is 0.497 e. The smallest absolute Gasteiger partial charge is 0.118 e. The van der Waals surface area contributed by atoms with Crippen LogP contribution < -0.4 is 10.1 Å². The molecule has 0 saturated carbocycles. The zero-order valence-electron chi connectivity index (χ0n) is 12.5. The first kappa shape index (κ1) is 14.6. The highest BCUT2D eigenvalue weighted by Gasteiger charge is 2.13. The van der Waals surface area contributed by atoms with Crippen LogP contribution in [-0.2, 0) is 0 Å². The number of ether oxygens (including phenoxy) is 1. The first-order chi connectivity index (χ1) is 9.70. The van der Waals surface area contributed by atoms with Crippen LogP contribution in [0, 0.1) is 5.92 Å². The molecular formula is C18H23NO. The lowest BCUT2D eigenvalue weighted by Gasteiger charge is -2.21. The van der Waals surface area contributed by atoms with Crippen molar-refractivity contribution in [2.45, 2.75) is 19.9 Å². The van der Waals surface area contributed by atoms with Gasteiger partial charge in [-0.05, 0) is 35.7 Å². The van der Waals surface area contributed by atoms with Gasteiger partial charge in [-0.25, -0.2) is 0 Å². The van der Waals surface area contributed by atoms with Gasteiger partial charge in [0.15, 0.2) is 0 Å². The van der Waals surface area contributed by atoms with Gasteiger partial charge >= 0.3 is 0 Å². The van der Waals surface area contributed by atoms with Crippen molar-refractivity contribution in [3.63, 3.8) is 0 Å². The predicted molar refractivity (Wildman–Crippen MR) is 84.1 cm³/mol. The van der Waals surface area contributed by atoms with Crippen molar-refractivity contribution in [1.82, 2.24) is 5.32 Å². The van der Waals surface area contributed by atoms with Gasteiger partial charge in [0.05, 0.1) is 13.2 Å². The van der Waals surface area contributed by atoms with Gasteiger partial charge in [0.1, 0.15) is 5.75 Å². The molecule has 2 aromatic rings. The Morgan fingerprint density at radius 1 is 0.900 bits per heavy atom. The quantitative estimate of drug-likeness (QED) is 0.855. The second-order valence-electron chi connectivity index (χ2n) is 5.42. The van der Waals surface area contributed by atoms with Crippen LogP contribution in [0.2, 0.25) is 0 Å². The summed E-state index contributed by atoms with van der Waals surface area (Å²) in [6, 6.07) is 19.1. The number of benzene rings is 2. The van der Waals surface area contributed by atoms with E-state index < -0.39 is 0 Å². The molecule has 0 radical (unpaired) electrons. The Morgan fingerprint density at radius 2 is 1.50 bits per heavy atom. The van der Waals surface area contributed by atoms with Crippen LogP contribution in [0.5, 0.6) is 5.75 Å². The molecule has 2 heteroatoms. The molecule has 2 rings (SSSR count). The summed E-state index contributed by atoms with van der Waals surface area (Å²) in [5.74, 6) is 1.52. The normalized spacial score (nSPS) is 12.4. The lowest BCUT2D eigenvalue weighted by atomic mass is 9.98. The average Bonchev–Trinajstić information content (AvgIpc) is 2.49. The Balaban J connectivity index is 2.25. The fourth-order valence-corrected chi connectivity index (χ4v) is 2.22. The topological polar surface area (TPSA) is 21.3 Å². The van der Waals surface area contributed by atoms with Crippen molar-refractivity contribution in [2.24, 2.45) is 5.92 Å². The molecule has 0 aliphatic carbocycles. The van der Waals surface area contributed by atoms with Gasteiger partial charge in [0.25, 0.3) is 0 Å². The van der Waals surface area contributed by atoms with Gasteiger partial charge in [0.2, 0.25) is 0 Å². The van der Waals surface area contributed by atoms with Crippen LogP contribution in [0.1, 0.15) is 31.0 Å². The molecule has 2 aromatic carbocycles. The van der Waals surface area contributed by atoms with E-state index in [1.807, 2.05) is 12.1 Å². The Kier molecular flexibility index (Phi) is 5.19. The maximum atomic E-state index is 5.23. The number of nitrogens with one attached hydrogen (secondary N) is 1. The second kappa shape index (κ2) is 7.11. The molecule has 1 atom stereocenters. The van der Waals surface area contributed by atoms with Crippen molar-refractivity contribution < 1.29 is 4.74 Å². The molecule has 20 heavy (non-hydrogen) atoms. The minimum atomic E-state index is 0.226. The van der Waals surface area contributed by atoms with Crippen LogP contribution in [0.3, 0.4) is 0 Å². The monoisotopic (exact) mass is 269 g/mol. The van der Waals surface area contributed by atoms with Crippen LogP contribution in [0.25, 0.3) is 0 Å². The second-order valence-corrected chi connectivity index (χ2v) is 5.42. The average molecular weight is 269 g/mol.